The number of ether oxygens (including phenoxy) is 1. The monoisotopic (exact) mass is 842 g/mol. The lowest BCUT2D eigenvalue weighted by molar-refractivity contribution is -0.177. The molecule has 14 atom stereocenters. The van der Waals surface area contributed by atoms with Crippen LogP contribution in [0.5, 0.6) is 0 Å². The van der Waals surface area contributed by atoms with Crippen molar-refractivity contribution < 1.29 is 24.5 Å². The molecule has 7 fully saturated rings. The van der Waals surface area contributed by atoms with Gasteiger partial charge in [-0.2, -0.15) is 0 Å². The molecule has 14 unspecified atom stereocenters. The Hall–Kier alpha value is -3.22. The van der Waals surface area contributed by atoms with Crippen molar-refractivity contribution in [2.75, 3.05) is 13.1 Å². The zero-order chi connectivity index (χ0) is 43.6. The van der Waals surface area contributed by atoms with Gasteiger partial charge in [0, 0.05) is 33.9 Å². The van der Waals surface area contributed by atoms with Crippen molar-refractivity contribution in [3.05, 3.63) is 84.0 Å². The van der Waals surface area contributed by atoms with Crippen LogP contribution in [0.2, 0.25) is 0 Å². The second kappa shape index (κ2) is 14.9. The third-order valence-electron chi connectivity index (χ3n) is 20.6. The summed E-state index contributed by atoms with van der Waals surface area (Å²) in [4.78, 5) is 32.3. The van der Waals surface area contributed by atoms with E-state index in [1.165, 1.54) is 19.3 Å². The fraction of sp³-hybridized carbons (Fsp3) is 0.679. The fourth-order valence-corrected chi connectivity index (χ4v) is 16.6. The van der Waals surface area contributed by atoms with Gasteiger partial charge in [-0.25, -0.2) is 4.79 Å². The van der Waals surface area contributed by atoms with Crippen LogP contribution in [0, 0.1) is 74.4 Å². The maximum Gasteiger partial charge on any atom is 0.410 e. The Morgan fingerprint density at radius 1 is 0.806 bits per heavy atom. The lowest BCUT2D eigenvalue weighted by Gasteiger charge is -2.71. The molecule has 62 heavy (non-hydrogen) atoms. The number of hydrogen-bond donors (Lipinski definition) is 2. The normalized spacial score (nSPS) is 43.5. The maximum absolute atomic E-state index is 15.4. The summed E-state index contributed by atoms with van der Waals surface area (Å²) in [6.45, 7) is 17.4. The zero-order valence-electron chi connectivity index (χ0n) is 38.9. The molecule has 0 radical (unpaired) electrons. The van der Waals surface area contributed by atoms with Gasteiger partial charge in [-0.05, 0) is 146 Å². The molecule has 10 aliphatic carbocycles. The number of Topliss-reactive ketones (excluding diaryl/α,β-unsaturated/α-hetero) is 1. The van der Waals surface area contributed by atoms with Gasteiger partial charge in [0.2, 0.25) is 0 Å². The van der Waals surface area contributed by atoms with Crippen molar-refractivity contribution in [1.82, 2.24) is 4.90 Å². The second-order valence-electron chi connectivity index (χ2n) is 23.9. The van der Waals surface area contributed by atoms with E-state index in [0.717, 1.165) is 74.0 Å². The molecule has 2 aromatic rings. The van der Waals surface area contributed by atoms with Crippen LogP contribution < -0.4 is 0 Å². The molecule has 0 saturated heterocycles. The van der Waals surface area contributed by atoms with E-state index >= 15 is 4.79 Å². The highest BCUT2D eigenvalue weighted by atomic mass is 16.6. The van der Waals surface area contributed by atoms with E-state index in [9.17, 15) is 15.0 Å². The van der Waals surface area contributed by atoms with E-state index in [-0.39, 0.29) is 47.2 Å². The van der Waals surface area contributed by atoms with Gasteiger partial charge in [0.1, 0.15) is 6.10 Å². The molecule has 10 aliphatic rings. The highest BCUT2D eigenvalue weighted by Gasteiger charge is 2.74. The van der Waals surface area contributed by atoms with Crippen molar-refractivity contribution in [2.24, 2.45) is 74.4 Å². The lowest BCUT2D eigenvalue weighted by Crippen LogP contribution is -2.67. The number of ketones is 1. The molecule has 12 rings (SSSR count). The fourth-order valence-electron chi connectivity index (χ4n) is 16.6. The van der Waals surface area contributed by atoms with Crippen molar-refractivity contribution in [3.8, 4) is 11.1 Å². The van der Waals surface area contributed by atoms with Crippen molar-refractivity contribution in [2.45, 2.75) is 150 Å². The number of aliphatic hydroxyl groups excluding tert-OH is 1. The molecule has 7 saturated carbocycles. The van der Waals surface area contributed by atoms with Gasteiger partial charge in [0.25, 0.3) is 0 Å². The summed E-state index contributed by atoms with van der Waals surface area (Å²) in [6.07, 6.45) is 18.6. The highest BCUT2D eigenvalue weighted by Crippen LogP contribution is 2.78. The number of benzene rings is 2. The summed E-state index contributed by atoms with van der Waals surface area (Å²) in [5, 5.41) is 24.8. The van der Waals surface area contributed by atoms with E-state index in [0.29, 0.717) is 54.5 Å². The summed E-state index contributed by atoms with van der Waals surface area (Å²) < 4.78 is 6.70. The Labute approximate surface area is 372 Å². The Bertz CT molecular complexity index is 2120. The highest BCUT2D eigenvalue weighted by molar-refractivity contribution is 6.10. The van der Waals surface area contributed by atoms with Crippen LogP contribution in [-0.4, -0.2) is 57.9 Å². The lowest BCUT2D eigenvalue weighted by atomic mass is 9.32. The number of aliphatic hydroxyl groups is 2. The van der Waals surface area contributed by atoms with Crippen LogP contribution in [0.15, 0.2) is 78.4 Å². The van der Waals surface area contributed by atoms with Gasteiger partial charge in [-0.1, -0.05) is 128 Å². The Morgan fingerprint density at radius 2 is 1.50 bits per heavy atom. The first-order chi connectivity index (χ1) is 29.4. The predicted octanol–water partition coefficient (Wildman–Crippen LogP) is 12.1. The average molecular weight is 842 g/mol. The van der Waals surface area contributed by atoms with E-state index < -0.39 is 27.9 Å². The minimum Gasteiger partial charge on any atom is -0.446 e. The van der Waals surface area contributed by atoms with Crippen LogP contribution in [-0.2, 0) is 4.74 Å². The number of fused-ring (bicyclic) bond motifs is 3. The quantitative estimate of drug-likeness (QED) is 0.194. The third-order valence-corrected chi connectivity index (χ3v) is 20.6. The van der Waals surface area contributed by atoms with Gasteiger partial charge in [0.15, 0.2) is 5.78 Å². The number of carbonyl (C=O) groups excluding carboxylic acids is 2. The minimum atomic E-state index is -1.14. The molecule has 2 spiro atoms. The average Bonchev–Trinajstić information content (AvgIpc) is 3.52. The number of nitrogens with zero attached hydrogens (tertiary/aromatic N) is 1. The molecule has 1 amide bonds. The number of hydrogen-bond acceptors (Lipinski definition) is 5. The standard InChI is InChI=1S/C56H75NO5/c1-35(2)43-20-13-36(3)29-46(43)62-50(60)57(33-40-18-19-41-30-44(40)51(41,4)5)34-55(61)26-23-48-53(55,7)25-22-47-52(6)24-21-42(58)31-54(52)27-28-56(47,48)45(32-54)49(59)39-16-14-38(15-17-39)37-11-9-8-10-12-37/h8-12,14-17,27-28,32,35-36,40-44,46-48,58,61H,13,18-26,29-31,33-34H2,1-7H3. The first-order valence-corrected chi connectivity index (χ1v) is 24.9. The van der Waals surface area contributed by atoms with Gasteiger partial charge < -0.3 is 19.8 Å². The minimum absolute atomic E-state index is 0.0131. The van der Waals surface area contributed by atoms with Gasteiger partial charge in [-0.3, -0.25) is 4.79 Å². The SMILES string of the molecule is CC1CCC(C(C)C)C(OC(=O)N(CC2CCC3CC2C3(C)C)CC2(O)CCC3C45C=CC6(C=C4C(=O)c4ccc(-c7ccccc7)cc4)CC(O)CCC6(C)C5CCC32C)C1. The van der Waals surface area contributed by atoms with Gasteiger partial charge >= 0.3 is 6.09 Å². The van der Waals surface area contributed by atoms with Crippen molar-refractivity contribution in [3.63, 3.8) is 0 Å². The third kappa shape index (κ3) is 6.20. The van der Waals surface area contributed by atoms with Gasteiger partial charge in [-0.15, -0.1) is 0 Å². The molecule has 0 aromatic heterocycles. The first kappa shape index (κ1) is 42.7. The molecule has 4 bridgehead atoms. The van der Waals surface area contributed by atoms with E-state index in [1.807, 2.05) is 35.2 Å². The summed E-state index contributed by atoms with van der Waals surface area (Å²) >= 11 is 0. The molecule has 2 N–H and O–H groups in total. The number of amides is 1. The molecule has 2 aromatic carbocycles. The molecular formula is C56H75NO5. The topological polar surface area (TPSA) is 87.1 Å². The Balaban J connectivity index is 1.00. The van der Waals surface area contributed by atoms with Crippen LogP contribution in [0.3, 0.4) is 0 Å². The number of allylic oxidation sites excluding steroid dienone is 4. The van der Waals surface area contributed by atoms with Crippen LogP contribution in [0.4, 0.5) is 4.79 Å². The summed E-state index contributed by atoms with van der Waals surface area (Å²) in [7, 11) is 0. The van der Waals surface area contributed by atoms with Crippen LogP contribution in [0.25, 0.3) is 11.1 Å². The smallest absolute Gasteiger partial charge is 0.410 e. The van der Waals surface area contributed by atoms with E-state index in [4.69, 9.17) is 4.74 Å². The summed E-state index contributed by atoms with van der Waals surface area (Å²) in [6, 6.07) is 18.5. The van der Waals surface area contributed by atoms with Crippen LogP contribution in [0.1, 0.15) is 142 Å². The van der Waals surface area contributed by atoms with E-state index in [2.05, 4.69) is 91.0 Å². The Morgan fingerprint density at radius 3 is 2.21 bits per heavy atom. The zero-order valence-corrected chi connectivity index (χ0v) is 38.9. The largest absolute Gasteiger partial charge is 0.446 e. The molecule has 0 heterocycles. The van der Waals surface area contributed by atoms with E-state index in [1.54, 1.807) is 0 Å². The Kier molecular flexibility index (Phi) is 10.3. The van der Waals surface area contributed by atoms with Crippen LogP contribution >= 0.6 is 0 Å². The van der Waals surface area contributed by atoms with Crippen molar-refractivity contribution >= 4 is 11.9 Å². The maximum atomic E-state index is 15.4. The molecule has 6 heteroatoms. The molecular weight excluding hydrogens is 767 g/mol. The van der Waals surface area contributed by atoms with Crippen molar-refractivity contribution in [1.29, 1.82) is 0 Å². The molecule has 0 aliphatic heterocycles. The number of rotatable bonds is 9. The second-order valence-corrected chi connectivity index (χ2v) is 23.9. The number of carbonyl (C=O) groups is 2. The van der Waals surface area contributed by atoms with Gasteiger partial charge in [0.05, 0.1) is 18.2 Å². The molecule has 6 nitrogen and oxygen atoms in total. The summed E-state index contributed by atoms with van der Waals surface area (Å²) in [5.41, 5.74) is 1.30. The predicted molar refractivity (Wildman–Crippen MR) is 246 cm³/mol. The molecule has 334 valence electrons. The summed E-state index contributed by atoms with van der Waals surface area (Å²) in [5.74, 6) is 3.35. The first-order valence-electron chi connectivity index (χ1n) is 24.9.